The van der Waals surface area contributed by atoms with Gasteiger partial charge in [0, 0.05) is 5.56 Å². The number of rotatable bonds is 6. The van der Waals surface area contributed by atoms with Crippen molar-refractivity contribution in [2.45, 2.75) is 17.4 Å². The van der Waals surface area contributed by atoms with E-state index in [9.17, 15) is 4.79 Å². The van der Waals surface area contributed by atoms with Crippen LogP contribution >= 0.6 is 11.8 Å². The van der Waals surface area contributed by atoms with E-state index in [4.69, 9.17) is 14.3 Å². The minimum atomic E-state index is -0.914. The number of hydrogen-bond donors (Lipinski definition) is 1. The van der Waals surface area contributed by atoms with Crippen LogP contribution in [0, 0.1) is 0 Å². The van der Waals surface area contributed by atoms with E-state index < -0.39 is 11.2 Å². The number of aliphatic carboxylic acids is 1. The highest BCUT2D eigenvalue weighted by molar-refractivity contribution is 8.00. The van der Waals surface area contributed by atoms with Gasteiger partial charge in [-0.1, -0.05) is 54.2 Å². The Morgan fingerprint density at radius 1 is 1.16 bits per heavy atom. The maximum Gasteiger partial charge on any atom is 0.316 e. The van der Waals surface area contributed by atoms with Gasteiger partial charge in [0.15, 0.2) is 5.76 Å². The fourth-order valence-electron chi connectivity index (χ4n) is 2.36. The van der Waals surface area contributed by atoms with Crippen molar-refractivity contribution in [2.24, 2.45) is 0 Å². The van der Waals surface area contributed by atoms with Crippen molar-refractivity contribution in [3.8, 4) is 28.3 Å². The molecule has 0 aliphatic rings. The highest BCUT2D eigenvalue weighted by Gasteiger charge is 2.23. The predicted octanol–water partition coefficient (Wildman–Crippen LogP) is 4.58. The maximum atomic E-state index is 11.1. The van der Waals surface area contributed by atoms with E-state index in [1.54, 1.807) is 14.0 Å². The quantitative estimate of drug-likeness (QED) is 0.652. The van der Waals surface area contributed by atoms with Gasteiger partial charge >= 0.3 is 5.97 Å². The molecule has 1 aromatic heterocycles. The van der Waals surface area contributed by atoms with Crippen molar-refractivity contribution < 1.29 is 19.1 Å². The third-order valence-electron chi connectivity index (χ3n) is 3.63. The summed E-state index contributed by atoms with van der Waals surface area (Å²) < 4.78 is 11.4. The van der Waals surface area contributed by atoms with Gasteiger partial charge in [0.25, 0.3) is 5.22 Å². The summed E-state index contributed by atoms with van der Waals surface area (Å²) in [5.74, 6) is 0.311. The highest BCUT2D eigenvalue weighted by atomic mass is 32.2. The van der Waals surface area contributed by atoms with E-state index >= 15 is 0 Å². The lowest BCUT2D eigenvalue weighted by molar-refractivity contribution is -0.136. The molecule has 0 saturated heterocycles. The molecule has 0 aliphatic heterocycles. The van der Waals surface area contributed by atoms with E-state index in [-0.39, 0.29) is 0 Å². The van der Waals surface area contributed by atoms with Crippen LogP contribution in [0.3, 0.4) is 0 Å². The molecule has 3 rings (SSSR count). The first kappa shape index (κ1) is 17.1. The molecule has 25 heavy (non-hydrogen) atoms. The van der Waals surface area contributed by atoms with Crippen molar-refractivity contribution >= 4 is 17.7 Å². The monoisotopic (exact) mass is 355 g/mol. The molecule has 5 nitrogen and oxygen atoms in total. The van der Waals surface area contributed by atoms with Crippen molar-refractivity contribution in [1.82, 2.24) is 4.98 Å². The van der Waals surface area contributed by atoms with Crippen molar-refractivity contribution in [1.29, 1.82) is 0 Å². The number of benzene rings is 2. The summed E-state index contributed by atoms with van der Waals surface area (Å²) in [6.07, 6.45) is 0. The number of ether oxygens (including phenoxy) is 1. The fourth-order valence-corrected chi connectivity index (χ4v) is 3.04. The number of carboxylic acid groups (broad SMARTS) is 1. The van der Waals surface area contributed by atoms with Crippen LogP contribution in [0.5, 0.6) is 5.75 Å². The first-order valence-corrected chi connectivity index (χ1v) is 8.57. The van der Waals surface area contributed by atoms with Crippen LogP contribution in [-0.2, 0) is 4.79 Å². The zero-order valence-electron chi connectivity index (χ0n) is 13.8. The normalized spacial score (nSPS) is 11.9. The van der Waals surface area contributed by atoms with E-state index in [1.807, 2.05) is 54.6 Å². The number of carbonyl (C=O) groups is 1. The molecule has 0 aliphatic carbocycles. The number of nitrogens with zero attached hydrogens (tertiary/aromatic N) is 1. The third-order valence-corrected chi connectivity index (χ3v) is 4.56. The number of aromatic nitrogens is 1. The third kappa shape index (κ3) is 3.69. The second-order valence-electron chi connectivity index (χ2n) is 5.32. The van der Waals surface area contributed by atoms with Gasteiger partial charge in [0.05, 0.1) is 12.7 Å². The van der Waals surface area contributed by atoms with Crippen molar-refractivity contribution in [3.05, 3.63) is 54.6 Å². The zero-order valence-corrected chi connectivity index (χ0v) is 14.6. The van der Waals surface area contributed by atoms with E-state index in [0.717, 1.165) is 22.9 Å². The Kier molecular flexibility index (Phi) is 5.09. The molecule has 2 aromatic carbocycles. The molecule has 0 radical (unpaired) electrons. The number of carboxylic acids is 1. The molecule has 0 amide bonds. The molecular formula is C19H17NO4S. The van der Waals surface area contributed by atoms with Crippen molar-refractivity contribution in [3.63, 3.8) is 0 Å². The largest absolute Gasteiger partial charge is 0.496 e. The first-order chi connectivity index (χ1) is 12.1. The predicted molar refractivity (Wildman–Crippen MR) is 96.9 cm³/mol. The van der Waals surface area contributed by atoms with Gasteiger partial charge in [-0.2, -0.15) is 0 Å². The first-order valence-electron chi connectivity index (χ1n) is 7.69. The van der Waals surface area contributed by atoms with Gasteiger partial charge in [-0.25, -0.2) is 4.98 Å². The molecular weight excluding hydrogens is 338 g/mol. The number of hydrogen-bond acceptors (Lipinski definition) is 5. The van der Waals surface area contributed by atoms with E-state index in [0.29, 0.717) is 22.4 Å². The van der Waals surface area contributed by atoms with E-state index in [1.165, 1.54) is 0 Å². The zero-order chi connectivity index (χ0) is 17.8. The molecule has 1 N–H and O–H groups in total. The Bertz CT molecular complexity index is 876. The molecule has 0 fully saturated rings. The number of methoxy groups -OCH3 is 1. The lowest BCUT2D eigenvalue weighted by atomic mass is 10.1. The van der Waals surface area contributed by atoms with Crippen LogP contribution in [-0.4, -0.2) is 28.4 Å². The molecule has 0 spiro atoms. The molecule has 1 heterocycles. The maximum absolute atomic E-state index is 11.1. The van der Waals surface area contributed by atoms with Crippen molar-refractivity contribution in [2.75, 3.05) is 7.11 Å². The Morgan fingerprint density at radius 2 is 1.84 bits per heavy atom. The Balaban J connectivity index is 2.12. The summed E-state index contributed by atoms with van der Waals surface area (Å²) >= 11 is 1.07. The minimum Gasteiger partial charge on any atom is -0.496 e. The summed E-state index contributed by atoms with van der Waals surface area (Å²) in [7, 11) is 1.60. The Hall–Kier alpha value is -2.73. The Labute approximate surface area is 149 Å². The average Bonchev–Trinajstić information content (AvgIpc) is 3.06. The summed E-state index contributed by atoms with van der Waals surface area (Å²) in [6, 6.07) is 17.1. The standard InChI is InChI=1S/C19H17NO4S/c1-12(18(21)22)25-19-20-16(13-8-4-3-5-9-13)17(24-19)14-10-6-7-11-15(14)23-2/h3-12H,1-2H3,(H,21,22). The molecule has 0 bridgehead atoms. The molecule has 6 heteroatoms. The average molecular weight is 355 g/mol. The Morgan fingerprint density at radius 3 is 2.52 bits per heavy atom. The molecule has 1 atom stereocenters. The van der Waals surface area contributed by atoms with Gasteiger partial charge in [-0.15, -0.1) is 0 Å². The smallest absolute Gasteiger partial charge is 0.316 e. The second kappa shape index (κ2) is 7.44. The minimum absolute atomic E-state index is 0.314. The van der Waals surface area contributed by atoms with Gasteiger partial charge in [-0.3, -0.25) is 4.79 Å². The second-order valence-corrected chi connectivity index (χ2v) is 6.61. The molecule has 3 aromatic rings. The van der Waals surface area contributed by atoms with Crippen LogP contribution in [0.4, 0.5) is 0 Å². The van der Waals surface area contributed by atoms with Gasteiger partial charge in [-0.05, 0) is 19.1 Å². The van der Waals surface area contributed by atoms with Crippen LogP contribution in [0.25, 0.3) is 22.6 Å². The van der Waals surface area contributed by atoms with Crippen LogP contribution in [0.2, 0.25) is 0 Å². The SMILES string of the molecule is COc1ccccc1-c1oc(SC(C)C(=O)O)nc1-c1ccccc1. The topological polar surface area (TPSA) is 72.6 Å². The van der Waals surface area contributed by atoms with Crippen LogP contribution < -0.4 is 4.74 Å². The summed E-state index contributed by atoms with van der Waals surface area (Å²) in [4.78, 5) is 15.7. The molecule has 1 unspecified atom stereocenters. The van der Waals surface area contributed by atoms with Crippen LogP contribution in [0.1, 0.15) is 6.92 Å². The lowest BCUT2D eigenvalue weighted by Crippen LogP contribution is -2.10. The van der Waals surface area contributed by atoms with Gasteiger partial charge in [0.1, 0.15) is 16.7 Å². The van der Waals surface area contributed by atoms with E-state index in [2.05, 4.69) is 4.98 Å². The number of para-hydroxylation sites is 1. The fraction of sp³-hybridized carbons (Fsp3) is 0.158. The number of oxazole rings is 1. The summed E-state index contributed by atoms with van der Waals surface area (Å²) in [5.41, 5.74) is 2.32. The highest BCUT2D eigenvalue weighted by Crippen LogP contribution is 2.40. The lowest BCUT2D eigenvalue weighted by Gasteiger charge is -2.07. The van der Waals surface area contributed by atoms with Crippen LogP contribution in [0.15, 0.2) is 64.2 Å². The molecule has 0 saturated carbocycles. The molecule has 128 valence electrons. The van der Waals surface area contributed by atoms with Gasteiger partial charge < -0.3 is 14.3 Å². The summed E-state index contributed by atoms with van der Waals surface area (Å²) in [5, 5.41) is 8.78. The number of thioether (sulfide) groups is 1. The summed E-state index contributed by atoms with van der Waals surface area (Å²) in [6.45, 7) is 1.60. The van der Waals surface area contributed by atoms with Gasteiger partial charge in [0.2, 0.25) is 0 Å².